The van der Waals surface area contributed by atoms with Crippen LogP contribution in [0.4, 0.5) is 10.3 Å². The second kappa shape index (κ2) is 6.99. The molecular weight excluding hydrogens is 349 g/mol. The van der Waals surface area contributed by atoms with E-state index in [4.69, 9.17) is 4.52 Å². The molecule has 0 radical (unpaired) electrons. The number of amides is 1. The molecule has 4 aromatic rings. The molecule has 27 heavy (non-hydrogen) atoms. The number of nitrogens with one attached hydrogen (secondary N) is 2. The minimum Gasteiger partial charge on any atom is -0.339 e. The summed E-state index contributed by atoms with van der Waals surface area (Å²) in [6.45, 7) is 1.68. The summed E-state index contributed by atoms with van der Waals surface area (Å²) in [4.78, 5) is 23.7. The molecule has 0 atom stereocenters. The lowest BCUT2D eigenvalue weighted by Crippen LogP contribution is -2.13. The molecule has 0 aliphatic rings. The maximum Gasteiger partial charge on any atom is 0.227 e. The van der Waals surface area contributed by atoms with E-state index in [1.807, 2.05) is 24.3 Å². The van der Waals surface area contributed by atoms with Crippen molar-refractivity contribution in [1.29, 1.82) is 0 Å². The molecule has 2 aromatic heterocycles. The first-order chi connectivity index (χ1) is 13.1. The highest BCUT2D eigenvalue weighted by Crippen LogP contribution is 2.19. The van der Waals surface area contributed by atoms with Crippen molar-refractivity contribution in [3.8, 4) is 11.4 Å². The van der Waals surface area contributed by atoms with Crippen LogP contribution in [0.1, 0.15) is 17.9 Å². The van der Waals surface area contributed by atoms with Crippen molar-refractivity contribution in [1.82, 2.24) is 20.1 Å². The highest BCUT2D eigenvalue weighted by atomic mass is 19.1. The van der Waals surface area contributed by atoms with E-state index in [1.54, 1.807) is 19.1 Å². The van der Waals surface area contributed by atoms with Crippen LogP contribution in [0.3, 0.4) is 0 Å². The average molecular weight is 365 g/mol. The number of hydrogen-bond donors (Lipinski definition) is 2. The van der Waals surface area contributed by atoms with Crippen LogP contribution in [0.5, 0.6) is 0 Å². The van der Waals surface area contributed by atoms with E-state index < -0.39 is 0 Å². The Kier molecular flexibility index (Phi) is 4.37. The summed E-state index contributed by atoms with van der Waals surface area (Å²) in [6, 6.07) is 12.2. The summed E-state index contributed by atoms with van der Waals surface area (Å²) in [5.74, 6) is 0.439. The second-order valence-corrected chi connectivity index (χ2v) is 6.13. The Morgan fingerprint density at radius 3 is 2.89 bits per heavy atom. The van der Waals surface area contributed by atoms with Crippen LogP contribution in [0, 0.1) is 12.7 Å². The average Bonchev–Trinajstić information content (AvgIpc) is 3.28. The Labute approximate surface area is 153 Å². The van der Waals surface area contributed by atoms with Gasteiger partial charge in [0.1, 0.15) is 5.82 Å². The maximum absolute atomic E-state index is 13.7. The normalized spacial score (nSPS) is 11.0. The smallest absolute Gasteiger partial charge is 0.227 e. The van der Waals surface area contributed by atoms with Gasteiger partial charge in [-0.1, -0.05) is 29.4 Å². The Morgan fingerprint density at radius 1 is 1.22 bits per heavy atom. The lowest BCUT2D eigenvalue weighted by Gasteiger charge is -1.99. The number of fused-ring (bicyclic) bond motifs is 1. The standard InChI is InChI=1S/C19H16FN5O2/c1-11-6-7-12(10-13(11)20)18-24-17(27-25-18)9-8-16(26)23-19-21-14-4-2-3-5-15(14)22-19/h2-7,10H,8-9H2,1H3,(H2,21,22,23,26). The van der Waals surface area contributed by atoms with Crippen LogP contribution in [-0.2, 0) is 11.2 Å². The Bertz CT molecular complexity index is 1090. The van der Waals surface area contributed by atoms with E-state index in [1.165, 1.54) is 6.07 Å². The van der Waals surface area contributed by atoms with Crippen molar-refractivity contribution in [2.24, 2.45) is 0 Å². The molecule has 2 heterocycles. The van der Waals surface area contributed by atoms with Gasteiger partial charge < -0.3 is 9.51 Å². The zero-order valence-electron chi connectivity index (χ0n) is 14.5. The van der Waals surface area contributed by atoms with Gasteiger partial charge in [-0.05, 0) is 30.7 Å². The van der Waals surface area contributed by atoms with Gasteiger partial charge in [-0.15, -0.1) is 0 Å². The van der Waals surface area contributed by atoms with Crippen molar-refractivity contribution in [2.75, 3.05) is 5.32 Å². The van der Waals surface area contributed by atoms with Crippen molar-refractivity contribution < 1.29 is 13.7 Å². The molecule has 0 aliphatic carbocycles. The lowest BCUT2D eigenvalue weighted by atomic mass is 10.1. The van der Waals surface area contributed by atoms with Crippen molar-refractivity contribution in [3.63, 3.8) is 0 Å². The number of para-hydroxylation sites is 2. The SMILES string of the molecule is Cc1ccc(-c2noc(CCC(=O)Nc3nc4ccccc4[nH]3)n2)cc1F. The Balaban J connectivity index is 1.37. The van der Waals surface area contributed by atoms with E-state index in [0.717, 1.165) is 11.0 Å². The van der Waals surface area contributed by atoms with Crippen LogP contribution in [0.25, 0.3) is 22.4 Å². The third-order valence-electron chi connectivity index (χ3n) is 4.11. The predicted octanol–water partition coefficient (Wildman–Crippen LogP) is 3.63. The molecule has 4 rings (SSSR count). The topological polar surface area (TPSA) is 96.7 Å². The number of carbonyl (C=O) groups is 1. The summed E-state index contributed by atoms with van der Waals surface area (Å²) in [6.07, 6.45) is 0.425. The summed E-state index contributed by atoms with van der Waals surface area (Å²) in [5, 5.41) is 6.55. The molecule has 1 amide bonds. The molecular formula is C19H16FN5O2. The van der Waals surface area contributed by atoms with Gasteiger partial charge in [0.2, 0.25) is 23.6 Å². The predicted molar refractivity (Wildman–Crippen MR) is 97.5 cm³/mol. The molecule has 0 bridgehead atoms. The van der Waals surface area contributed by atoms with Gasteiger partial charge in [-0.25, -0.2) is 9.37 Å². The Morgan fingerprint density at radius 2 is 2.07 bits per heavy atom. The Hall–Kier alpha value is -3.55. The summed E-state index contributed by atoms with van der Waals surface area (Å²) >= 11 is 0. The molecule has 0 saturated carbocycles. The quantitative estimate of drug-likeness (QED) is 0.563. The molecule has 0 saturated heterocycles. The van der Waals surface area contributed by atoms with E-state index in [0.29, 0.717) is 28.8 Å². The third-order valence-corrected chi connectivity index (χ3v) is 4.11. The number of carbonyl (C=O) groups excluding carboxylic acids is 1. The molecule has 0 spiro atoms. The lowest BCUT2D eigenvalue weighted by molar-refractivity contribution is -0.116. The number of hydrogen-bond acceptors (Lipinski definition) is 5. The maximum atomic E-state index is 13.7. The van der Waals surface area contributed by atoms with E-state index in [9.17, 15) is 9.18 Å². The van der Waals surface area contributed by atoms with Gasteiger partial charge in [0, 0.05) is 18.4 Å². The summed E-state index contributed by atoms with van der Waals surface area (Å²) in [7, 11) is 0. The van der Waals surface area contributed by atoms with Gasteiger partial charge >= 0.3 is 0 Å². The fourth-order valence-corrected chi connectivity index (χ4v) is 2.63. The van der Waals surface area contributed by atoms with Crippen LogP contribution in [-0.4, -0.2) is 26.0 Å². The number of H-pyrrole nitrogens is 1. The minimum absolute atomic E-state index is 0.154. The number of anilines is 1. The number of aromatic nitrogens is 4. The first kappa shape index (κ1) is 16.9. The van der Waals surface area contributed by atoms with Crippen LogP contribution in [0.2, 0.25) is 0 Å². The molecule has 8 heteroatoms. The van der Waals surface area contributed by atoms with E-state index >= 15 is 0 Å². The zero-order chi connectivity index (χ0) is 18.8. The second-order valence-electron chi connectivity index (χ2n) is 6.13. The number of benzene rings is 2. The number of aryl methyl sites for hydroxylation is 2. The van der Waals surface area contributed by atoms with Gasteiger partial charge in [-0.3, -0.25) is 10.1 Å². The van der Waals surface area contributed by atoms with Gasteiger partial charge in [0.25, 0.3) is 0 Å². The van der Waals surface area contributed by atoms with Crippen LogP contribution >= 0.6 is 0 Å². The number of nitrogens with zero attached hydrogens (tertiary/aromatic N) is 3. The number of imidazole rings is 1. The molecule has 2 aromatic carbocycles. The third kappa shape index (κ3) is 3.69. The molecule has 7 nitrogen and oxygen atoms in total. The number of rotatable bonds is 5. The fourth-order valence-electron chi connectivity index (χ4n) is 2.63. The van der Waals surface area contributed by atoms with E-state index in [-0.39, 0.29) is 24.6 Å². The first-order valence-corrected chi connectivity index (χ1v) is 8.42. The molecule has 0 unspecified atom stereocenters. The zero-order valence-corrected chi connectivity index (χ0v) is 14.5. The summed E-state index contributed by atoms with van der Waals surface area (Å²) < 4.78 is 18.8. The monoisotopic (exact) mass is 365 g/mol. The van der Waals surface area contributed by atoms with Crippen molar-refractivity contribution >= 4 is 22.9 Å². The largest absolute Gasteiger partial charge is 0.339 e. The van der Waals surface area contributed by atoms with Crippen LogP contribution < -0.4 is 5.32 Å². The van der Waals surface area contributed by atoms with E-state index in [2.05, 4.69) is 25.4 Å². The van der Waals surface area contributed by atoms with Crippen LogP contribution in [0.15, 0.2) is 47.0 Å². The van der Waals surface area contributed by atoms with Gasteiger partial charge in [-0.2, -0.15) is 4.98 Å². The fraction of sp³-hybridized carbons (Fsp3) is 0.158. The summed E-state index contributed by atoms with van der Waals surface area (Å²) in [5.41, 5.74) is 2.70. The highest BCUT2D eigenvalue weighted by molar-refractivity contribution is 5.91. The molecule has 136 valence electrons. The molecule has 0 fully saturated rings. The van der Waals surface area contributed by atoms with Crippen molar-refractivity contribution in [3.05, 3.63) is 59.7 Å². The van der Waals surface area contributed by atoms with Gasteiger partial charge in [0.05, 0.1) is 11.0 Å². The number of halogens is 1. The van der Waals surface area contributed by atoms with Crippen molar-refractivity contribution in [2.45, 2.75) is 19.8 Å². The molecule has 0 aliphatic heterocycles. The minimum atomic E-state index is -0.330. The highest BCUT2D eigenvalue weighted by Gasteiger charge is 2.13. The first-order valence-electron chi connectivity index (χ1n) is 8.42. The van der Waals surface area contributed by atoms with Gasteiger partial charge in [0.15, 0.2) is 0 Å². The number of aromatic amines is 1. The molecule has 2 N–H and O–H groups in total.